The number of carbonyl (C=O) groups is 1. The van der Waals surface area contributed by atoms with Crippen LogP contribution in [-0.2, 0) is 12.0 Å². The van der Waals surface area contributed by atoms with Crippen LogP contribution in [0.15, 0.2) is 40.9 Å². The van der Waals surface area contributed by atoms with Crippen molar-refractivity contribution < 1.29 is 9.32 Å². The molecule has 0 saturated carbocycles. The Morgan fingerprint density at radius 3 is 2.44 bits per heavy atom. The number of carbonyl (C=O) groups excluding carboxylic acids is 1. The van der Waals surface area contributed by atoms with Gasteiger partial charge in [-0.05, 0) is 5.56 Å². The number of anilines is 1. The van der Waals surface area contributed by atoms with E-state index in [-0.39, 0.29) is 11.4 Å². The molecule has 0 atom stereocenters. The Balaban J connectivity index is 1.49. The lowest BCUT2D eigenvalue weighted by atomic mass is 9.93. The second-order valence-corrected chi connectivity index (χ2v) is 7.51. The summed E-state index contributed by atoms with van der Waals surface area (Å²) < 4.78 is 5.31. The summed E-state index contributed by atoms with van der Waals surface area (Å²) >= 11 is 0. The van der Waals surface area contributed by atoms with Gasteiger partial charge in [0.05, 0.1) is 0 Å². The second kappa shape index (κ2) is 7.27. The summed E-state index contributed by atoms with van der Waals surface area (Å²) in [6.07, 6.45) is 0. The number of piperazine rings is 1. The fraction of sp³-hybridized carbons (Fsp3) is 0.474. The Morgan fingerprint density at radius 2 is 1.84 bits per heavy atom. The van der Waals surface area contributed by atoms with Gasteiger partial charge in [0.1, 0.15) is 5.76 Å². The number of nitrogens with zero attached hydrogens (tertiary/aromatic N) is 3. The summed E-state index contributed by atoms with van der Waals surface area (Å²) in [6, 6.07) is 12.1. The van der Waals surface area contributed by atoms with Crippen LogP contribution in [0.5, 0.6) is 0 Å². The molecule has 1 aromatic carbocycles. The summed E-state index contributed by atoms with van der Waals surface area (Å²) in [5.41, 5.74) is 1.18. The van der Waals surface area contributed by atoms with Gasteiger partial charge in [-0.3, -0.25) is 10.2 Å². The van der Waals surface area contributed by atoms with Gasteiger partial charge in [-0.1, -0.05) is 56.3 Å². The number of urea groups is 1. The second-order valence-electron chi connectivity index (χ2n) is 7.51. The molecule has 6 heteroatoms. The third-order valence-corrected chi connectivity index (χ3v) is 4.39. The zero-order valence-corrected chi connectivity index (χ0v) is 15.2. The molecule has 0 radical (unpaired) electrons. The number of aromatic nitrogens is 1. The van der Waals surface area contributed by atoms with Gasteiger partial charge in [-0.15, -0.1) is 0 Å². The topological polar surface area (TPSA) is 61.6 Å². The number of nitrogens with one attached hydrogen (secondary N) is 1. The monoisotopic (exact) mass is 342 g/mol. The summed E-state index contributed by atoms with van der Waals surface area (Å²) in [4.78, 5) is 16.6. The van der Waals surface area contributed by atoms with Crippen molar-refractivity contribution in [3.63, 3.8) is 0 Å². The smallest absolute Gasteiger partial charge is 0.323 e. The van der Waals surface area contributed by atoms with Crippen LogP contribution in [0.4, 0.5) is 10.6 Å². The number of benzene rings is 1. The van der Waals surface area contributed by atoms with Crippen molar-refractivity contribution in [2.75, 3.05) is 31.5 Å². The molecule has 1 fully saturated rings. The first-order valence-corrected chi connectivity index (χ1v) is 8.71. The average molecular weight is 342 g/mol. The van der Waals surface area contributed by atoms with Crippen molar-refractivity contribution in [2.45, 2.75) is 32.7 Å². The molecular weight excluding hydrogens is 316 g/mol. The molecule has 3 rings (SSSR count). The lowest BCUT2D eigenvalue weighted by Crippen LogP contribution is -2.49. The quantitative estimate of drug-likeness (QED) is 0.929. The van der Waals surface area contributed by atoms with Crippen molar-refractivity contribution in [3.05, 3.63) is 47.7 Å². The SMILES string of the molecule is CC(C)(C)c1cc(NC(=O)N2CCN(Cc3ccccc3)CC2)no1. The minimum Gasteiger partial charge on any atom is -0.359 e. The van der Waals surface area contributed by atoms with Crippen molar-refractivity contribution >= 4 is 11.8 Å². The van der Waals surface area contributed by atoms with E-state index in [0.29, 0.717) is 18.9 Å². The molecule has 1 aromatic heterocycles. The van der Waals surface area contributed by atoms with Gasteiger partial charge in [0.2, 0.25) is 0 Å². The van der Waals surface area contributed by atoms with Gasteiger partial charge in [0, 0.05) is 44.2 Å². The lowest BCUT2D eigenvalue weighted by Gasteiger charge is -2.34. The van der Waals surface area contributed by atoms with Crippen LogP contribution in [0.1, 0.15) is 32.1 Å². The molecule has 1 aliphatic rings. The van der Waals surface area contributed by atoms with Gasteiger partial charge < -0.3 is 9.42 Å². The van der Waals surface area contributed by atoms with Gasteiger partial charge >= 0.3 is 6.03 Å². The number of rotatable bonds is 3. The first-order valence-electron chi connectivity index (χ1n) is 8.71. The average Bonchev–Trinajstić information content (AvgIpc) is 3.05. The molecule has 0 aliphatic carbocycles. The van der Waals surface area contributed by atoms with Crippen LogP contribution in [-0.4, -0.2) is 47.2 Å². The molecule has 134 valence electrons. The van der Waals surface area contributed by atoms with E-state index in [9.17, 15) is 4.79 Å². The Labute approximate surface area is 148 Å². The van der Waals surface area contributed by atoms with Crippen LogP contribution in [0.25, 0.3) is 0 Å². The molecule has 0 unspecified atom stereocenters. The van der Waals surface area contributed by atoms with E-state index in [1.807, 2.05) is 31.7 Å². The van der Waals surface area contributed by atoms with Crippen LogP contribution >= 0.6 is 0 Å². The van der Waals surface area contributed by atoms with Crippen LogP contribution in [0.2, 0.25) is 0 Å². The maximum Gasteiger partial charge on any atom is 0.323 e. The largest absolute Gasteiger partial charge is 0.359 e. The third-order valence-electron chi connectivity index (χ3n) is 4.39. The molecule has 1 aliphatic heterocycles. The number of hydrogen-bond donors (Lipinski definition) is 1. The Hall–Kier alpha value is -2.34. The number of amides is 2. The summed E-state index contributed by atoms with van der Waals surface area (Å²) in [7, 11) is 0. The van der Waals surface area contributed by atoms with Gasteiger partial charge in [0.25, 0.3) is 0 Å². The number of hydrogen-bond acceptors (Lipinski definition) is 4. The van der Waals surface area contributed by atoms with Crippen LogP contribution < -0.4 is 5.32 Å². The maximum atomic E-state index is 12.4. The third kappa shape index (κ3) is 4.60. The first kappa shape index (κ1) is 17.5. The van der Waals surface area contributed by atoms with E-state index in [0.717, 1.165) is 25.4 Å². The zero-order valence-electron chi connectivity index (χ0n) is 15.2. The zero-order chi connectivity index (χ0) is 17.9. The lowest BCUT2D eigenvalue weighted by molar-refractivity contribution is 0.143. The fourth-order valence-corrected chi connectivity index (χ4v) is 2.83. The summed E-state index contributed by atoms with van der Waals surface area (Å²) in [6.45, 7) is 10.2. The van der Waals surface area contributed by atoms with E-state index < -0.39 is 0 Å². The van der Waals surface area contributed by atoms with Crippen molar-refractivity contribution in [2.24, 2.45) is 0 Å². The van der Waals surface area contributed by atoms with E-state index in [1.54, 1.807) is 6.07 Å². The van der Waals surface area contributed by atoms with Gasteiger partial charge in [-0.25, -0.2) is 4.79 Å². The molecule has 2 heterocycles. The van der Waals surface area contributed by atoms with Crippen LogP contribution in [0.3, 0.4) is 0 Å². The molecule has 1 N–H and O–H groups in total. The highest BCUT2D eigenvalue weighted by atomic mass is 16.5. The highest BCUT2D eigenvalue weighted by molar-refractivity contribution is 5.88. The molecule has 25 heavy (non-hydrogen) atoms. The van der Waals surface area contributed by atoms with Crippen molar-refractivity contribution in [1.82, 2.24) is 15.0 Å². The highest BCUT2D eigenvalue weighted by Crippen LogP contribution is 2.24. The van der Waals surface area contributed by atoms with Gasteiger partial charge in [0.15, 0.2) is 5.82 Å². The summed E-state index contributed by atoms with van der Waals surface area (Å²) in [5.74, 6) is 1.23. The molecular formula is C19H26N4O2. The van der Waals surface area contributed by atoms with Crippen molar-refractivity contribution in [1.29, 1.82) is 0 Å². The van der Waals surface area contributed by atoms with E-state index in [2.05, 4.69) is 39.6 Å². The Morgan fingerprint density at radius 1 is 1.16 bits per heavy atom. The molecule has 2 amide bonds. The van der Waals surface area contributed by atoms with Crippen molar-refractivity contribution in [3.8, 4) is 0 Å². The molecule has 0 spiro atoms. The first-order chi connectivity index (χ1) is 11.9. The molecule has 1 saturated heterocycles. The standard InChI is InChI=1S/C19H26N4O2/c1-19(2,3)16-13-17(21-25-16)20-18(24)23-11-9-22(10-12-23)14-15-7-5-4-6-8-15/h4-8,13H,9-12,14H2,1-3H3,(H,20,21,24). The van der Waals surface area contributed by atoms with Gasteiger partial charge in [-0.2, -0.15) is 0 Å². The fourth-order valence-electron chi connectivity index (χ4n) is 2.83. The molecule has 6 nitrogen and oxygen atoms in total. The minimum atomic E-state index is -0.126. The Kier molecular flexibility index (Phi) is 5.08. The molecule has 2 aromatic rings. The normalized spacial score (nSPS) is 16.0. The van der Waals surface area contributed by atoms with E-state index >= 15 is 0 Å². The Bertz CT molecular complexity index is 698. The maximum absolute atomic E-state index is 12.4. The summed E-state index contributed by atoms with van der Waals surface area (Å²) in [5, 5.41) is 6.78. The predicted molar refractivity (Wildman–Crippen MR) is 97.5 cm³/mol. The molecule has 0 bridgehead atoms. The predicted octanol–water partition coefficient (Wildman–Crippen LogP) is 3.32. The minimum absolute atomic E-state index is 0.117. The van der Waals surface area contributed by atoms with Crippen LogP contribution in [0, 0.1) is 0 Å². The highest BCUT2D eigenvalue weighted by Gasteiger charge is 2.24. The van der Waals surface area contributed by atoms with E-state index in [1.165, 1.54) is 5.56 Å². The van der Waals surface area contributed by atoms with E-state index in [4.69, 9.17) is 4.52 Å².